The zero-order chi connectivity index (χ0) is 19.6. The van der Waals surface area contributed by atoms with Gasteiger partial charge in [0.05, 0.1) is 0 Å². The second-order valence-corrected chi connectivity index (χ2v) is 9.11. The standard InChI is InChI=1S/C24H35N3O/c1-3-4-5-6-13-26-15-11-24(12-16-26)18-22(24)25-23(28)27-14-7-8-20-17-19(2)9-10-21(20)27/h3-6,9-10,19,22H,7-8,11-18H2,1-2H3,(H,25,28). The van der Waals surface area contributed by atoms with Crippen LogP contribution in [0.2, 0.25) is 0 Å². The van der Waals surface area contributed by atoms with E-state index in [1.165, 1.54) is 24.1 Å². The van der Waals surface area contributed by atoms with Gasteiger partial charge in [-0.3, -0.25) is 9.80 Å². The molecule has 4 rings (SSSR count). The van der Waals surface area contributed by atoms with Gasteiger partial charge in [0.15, 0.2) is 0 Å². The normalized spacial score (nSPS) is 29.7. The first kappa shape index (κ1) is 19.5. The number of hydrogen-bond acceptors (Lipinski definition) is 2. The number of carbonyl (C=O) groups excluding carboxylic acids is 1. The van der Waals surface area contributed by atoms with Crippen LogP contribution in [0.4, 0.5) is 4.79 Å². The van der Waals surface area contributed by atoms with Crippen LogP contribution in [0.5, 0.6) is 0 Å². The third-order valence-corrected chi connectivity index (χ3v) is 7.05. The molecule has 2 heterocycles. The quantitative estimate of drug-likeness (QED) is 0.721. The van der Waals surface area contributed by atoms with E-state index in [0.717, 1.165) is 51.9 Å². The number of rotatable bonds is 4. The molecule has 0 aromatic heterocycles. The lowest BCUT2D eigenvalue weighted by Gasteiger charge is -2.35. The van der Waals surface area contributed by atoms with Crippen LogP contribution < -0.4 is 5.32 Å². The third kappa shape index (κ3) is 4.12. The lowest BCUT2D eigenvalue weighted by Crippen LogP contribution is -2.45. The van der Waals surface area contributed by atoms with Crippen molar-refractivity contribution in [2.75, 3.05) is 26.2 Å². The number of amides is 2. The van der Waals surface area contributed by atoms with Crippen molar-refractivity contribution in [3.63, 3.8) is 0 Å². The van der Waals surface area contributed by atoms with Gasteiger partial charge in [-0.1, -0.05) is 37.3 Å². The lowest BCUT2D eigenvalue weighted by atomic mass is 9.88. The molecule has 4 heteroatoms. The first-order valence-electron chi connectivity index (χ1n) is 11.1. The number of hydrogen-bond donors (Lipinski definition) is 1. The van der Waals surface area contributed by atoms with Gasteiger partial charge in [-0.25, -0.2) is 4.79 Å². The molecule has 2 fully saturated rings. The fraction of sp³-hybridized carbons (Fsp3) is 0.625. The first-order valence-corrected chi connectivity index (χ1v) is 11.1. The van der Waals surface area contributed by atoms with Crippen molar-refractivity contribution in [1.82, 2.24) is 15.1 Å². The zero-order valence-corrected chi connectivity index (χ0v) is 17.5. The van der Waals surface area contributed by atoms with Crippen molar-refractivity contribution >= 4 is 6.03 Å². The van der Waals surface area contributed by atoms with Gasteiger partial charge in [0.2, 0.25) is 0 Å². The number of likely N-dealkylation sites (tertiary alicyclic amines) is 1. The lowest BCUT2D eigenvalue weighted by molar-refractivity contribution is 0.175. The van der Waals surface area contributed by atoms with Gasteiger partial charge >= 0.3 is 6.03 Å². The summed E-state index contributed by atoms with van der Waals surface area (Å²) in [6.45, 7) is 8.49. The molecule has 4 nitrogen and oxygen atoms in total. The monoisotopic (exact) mass is 381 g/mol. The molecular weight excluding hydrogens is 346 g/mol. The number of carbonyl (C=O) groups is 1. The molecule has 1 saturated heterocycles. The van der Waals surface area contributed by atoms with Crippen LogP contribution in [0.1, 0.15) is 52.4 Å². The van der Waals surface area contributed by atoms with E-state index < -0.39 is 0 Å². The van der Waals surface area contributed by atoms with Crippen molar-refractivity contribution < 1.29 is 4.79 Å². The fourth-order valence-corrected chi connectivity index (χ4v) is 5.14. The Morgan fingerprint density at radius 1 is 1.29 bits per heavy atom. The van der Waals surface area contributed by atoms with Gasteiger partial charge in [0.1, 0.15) is 0 Å². The first-order chi connectivity index (χ1) is 13.6. The molecule has 2 unspecified atom stereocenters. The topological polar surface area (TPSA) is 35.6 Å². The second kappa shape index (κ2) is 8.28. The van der Waals surface area contributed by atoms with E-state index >= 15 is 0 Å². The van der Waals surface area contributed by atoms with Crippen LogP contribution in [-0.2, 0) is 0 Å². The average Bonchev–Trinajstić information content (AvgIpc) is 3.36. The number of nitrogens with one attached hydrogen (secondary N) is 1. The molecule has 0 aromatic carbocycles. The Labute approximate surface area is 170 Å². The summed E-state index contributed by atoms with van der Waals surface area (Å²) in [6, 6.07) is 0.503. The predicted octanol–water partition coefficient (Wildman–Crippen LogP) is 4.63. The van der Waals surface area contributed by atoms with Gasteiger partial charge < -0.3 is 5.32 Å². The minimum Gasteiger partial charge on any atom is -0.334 e. The van der Waals surface area contributed by atoms with Crippen molar-refractivity contribution in [2.45, 2.75) is 58.4 Å². The Balaban J connectivity index is 1.28. The van der Waals surface area contributed by atoms with E-state index in [1.54, 1.807) is 0 Å². The van der Waals surface area contributed by atoms with E-state index in [9.17, 15) is 4.79 Å². The van der Waals surface area contributed by atoms with E-state index in [-0.39, 0.29) is 6.03 Å². The Kier molecular flexibility index (Phi) is 5.77. The van der Waals surface area contributed by atoms with Crippen LogP contribution in [0.15, 0.2) is 47.7 Å². The Bertz CT molecular complexity index is 709. The Morgan fingerprint density at radius 3 is 2.89 bits per heavy atom. The van der Waals surface area contributed by atoms with Gasteiger partial charge in [-0.2, -0.15) is 0 Å². The summed E-state index contributed by atoms with van der Waals surface area (Å²) >= 11 is 0. The third-order valence-electron chi connectivity index (χ3n) is 7.05. The van der Waals surface area contributed by atoms with E-state index in [4.69, 9.17) is 0 Å². The van der Waals surface area contributed by atoms with E-state index in [1.807, 2.05) is 11.8 Å². The van der Waals surface area contributed by atoms with Gasteiger partial charge in [-0.05, 0) is 81.5 Å². The molecule has 4 aliphatic rings. The molecule has 0 bridgehead atoms. The molecule has 0 aromatic rings. The van der Waals surface area contributed by atoms with Crippen LogP contribution in [0.3, 0.4) is 0 Å². The average molecular weight is 382 g/mol. The second-order valence-electron chi connectivity index (χ2n) is 9.11. The summed E-state index contributed by atoms with van der Waals surface area (Å²) in [5.74, 6) is 0.603. The maximum Gasteiger partial charge on any atom is 0.322 e. The maximum absolute atomic E-state index is 13.0. The highest BCUT2D eigenvalue weighted by molar-refractivity contribution is 5.78. The van der Waals surface area contributed by atoms with E-state index in [2.05, 4.69) is 53.6 Å². The van der Waals surface area contributed by atoms with Crippen LogP contribution in [-0.4, -0.2) is 48.1 Å². The summed E-state index contributed by atoms with van der Waals surface area (Å²) in [6.07, 6.45) is 19.9. The summed E-state index contributed by atoms with van der Waals surface area (Å²) < 4.78 is 0. The maximum atomic E-state index is 13.0. The molecular formula is C24H35N3O. The van der Waals surface area contributed by atoms with E-state index in [0.29, 0.717) is 17.4 Å². The van der Waals surface area contributed by atoms with Gasteiger partial charge in [0.25, 0.3) is 0 Å². The molecule has 1 spiro atoms. The Morgan fingerprint density at radius 2 is 2.11 bits per heavy atom. The SMILES string of the molecule is CC=CC=CCN1CCC2(CC1)CC2NC(=O)N1CCCC2=C1C=CC(C)C2. The predicted molar refractivity (Wildman–Crippen MR) is 115 cm³/mol. The molecule has 2 amide bonds. The van der Waals surface area contributed by atoms with Gasteiger partial charge in [-0.15, -0.1) is 0 Å². The van der Waals surface area contributed by atoms with Crippen molar-refractivity contribution in [3.05, 3.63) is 47.7 Å². The molecule has 1 saturated carbocycles. The highest BCUT2D eigenvalue weighted by atomic mass is 16.2. The minimum absolute atomic E-state index is 0.130. The van der Waals surface area contributed by atoms with Crippen molar-refractivity contribution in [2.24, 2.45) is 11.3 Å². The van der Waals surface area contributed by atoms with Crippen molar-refractivity contribution in [1.29, 1.82) is 0 Å². The summed E-state index contributed by atoms with van der Waals surface area (Å²) in [5, 5.41) is 3.38. The summed E-state index contributed by atoms with van der Waals surface area (Å²) in [7, 11) is 0. The zero-order valence-electron chi connectivity index (χ0n) is 17.5. The number of allylic oxidation sites excluding steroid dienone is 6. The number of urea groups is 1. The molecule has 1 N–H and O–H groups in total. The van der Waals surface area contributed by atoms with Crippen LogP contribution in [0.25, 0.3) is 0 Å². The summed E-state index contributed by atoms with van der Waals surface area (Å²) in [4.78, 5) is 17.5. The molecule has 0 radical (unpaired) electrons. The van der Waals surface area contributed by atoms with Crippen LogP contribution in [0, 0.1) is 11.3 Å². The molecule has 152 valence electrons. The van der Waals surface area contributed by atoms with Crippen molar-refractivity contribution in [3.8, 4) is 0 Å². The largest absolute Gasteiger partial charge is 0.334 e. The molecule has 28 heavy (non-hydrogen) atoms. The molecule has 2 atom stereocenters. The minimum atomic E-state index is 0.130. The smallest absolute Gasteiger partial charge is 0.322 e. The fourth-order valence-electron chi connectivity index (χ4n) is 5.14. The van der Waals surface area contributed by atoms with Crippen LogP contribution >= 0.6 is 0 Å². The number of nitrogens with zero attached hydrogens (tertiary/aromatic N) is 2. The molecule has 2 aliphatic carbocycles. The number of piperidine rings is 1. The molecule has 2 aliphatic heterocycles. The van der Waals surface area contributed by atoms with Gasteiger partial charge in [0, 0.05) is 24.8 Å². The Hall–Kier alpha value is -1.81. The summed E-state index contributed by atoms with van der Waals surface area (Å²) in [5.41, 5.74) is 3.02. The highest BCUT2D eigenvalue weighted by Gasteiger charge is 2.55. The highest BCUT2D eigenvalue weighted by Crippen LogP contribution is 2.54.